The van der Waals surface area contributed by atoms with E-state index in [1.807, 2.05) is 24.5 Å². The van der Waals surface area contributed by atoms with E-state index in [1.165, 1.54) is 0 Å². The summed E-state index contributed by atoms with van der Waals surface area (Å²) in [7, 11) is 0. The highest BCUT2D eigenvalue weighted by molar-refractivity contribution is 7.98. The van der Waals surface area contributed by atoms with Crippen molar-refractivity contribution in [2.24, 2.45) is 0 Å². The van der Waals surface area contributed by atoms with Crippen LogP contribution < -0.4 is 0 Å². The van der Waals surface area contributed by atoms with Crippen LogP contribution in [-0.4, -0.2) is 19.5 Å². The highest BCUT2D eigenvalue weighted by atomic mass is 35.5. The number of halogens is 1. The summed E-state index contributed by atoms with van der Waals surface area (Å²) in [4.78, 5) is 1.04. The first kappa shape index (κ1) is 10.3. The first-order valence-corrected chi connectivity index (χ1v) is 5.99. The molecule has 1 saturated heterocycles. The first-order chi connectivity index (χ1) is 6.83. The molecule has 76 valence electrons. The fraction of sp³-hybridized carbons (Fsp3) is 0.400. The van der Waals surface area contributed by atoms with E-state index in [4.69, 9.17) is 21.1 Å². The molecule has 0 spiro atoms. The number of thioether (sulfide) groups is 1. The molecule has 2 rings (SSSR count). The van der Waals surface area contributed by atoms with Crippen molar-refractivity contribution >= 4 is 23.4 Å². The lowest BCUT2D eigenvalue weighted by molar-refractivity contribution is -0.0460. The van der Waals surface area contributed by atoms with E-state index < -0.39 is 0 Å². The summed E-state index contributed by atoms with van der Waals surface area (Å²) in [6.07, 6.45) is 1.76. The molecule has 0 atom stereocenters. The summed E-state index contributed by atoms with van der Waals surface area (Å²) >= 11 is 7.69. The molecule has 2 nitrogen and oxygen atoms in total. The summed E-state index contributed by atoms with van der Waals surface area (Å²) in [6, 6.07) is 5.79. The second kappa shape index (κ2) is 4.53. The molecule has 0 bridgehead atoms. The molecule has 0 amide bonds. The second-order valence-corrected chi connectivity index (χ2v) is 4.16. The Morgan fingerprint density at radius 1 is 1.36 bits per heavy atom. The van der Waals surface area contributed by atoms with Crippen LogP contribution in [0.15, 0.2) is 23.1 Å². The standard InChI is InChI=1S/C10H11ClO2S/c1-14-9-7(3-2-4-8(9)11)10-12-5-6-13-10/h2-4,10H,5-6H2,1H3. The van der Waals surface area contributed by atoms with Gasteiger partial charge in [-0.25, -0.2) is 0 Å². The van der Waals surface area contributed by atoms with E-state index in [0.29, 0.717) is 13.2 Å². The van der Waals surface area contributed by atoms with Crippen LogP contribution in [0.2, 0.25) is 5.02 Å². The molecule has 1 aromatic rings. The maximum Gasteiger partial charge on any atom is 0.185 e. The maximum absolute atomic E-state index is 6.08. The van der Waals surface area contributed by atoms with Gasteiger partial charge in [-0.15, -0.1) is 11.8 Å². The molecule has 14 heavy (non-hydrogen) atoms. The van der Waals surface area contributed by atoms with Crippen molar-refractivity contribution in [3.63, 3.8) is 0 Å². The van der Waals surface area contributed by atoms with Crippen LogP contribution in [0.1, 0.15) is 11.9 Å². The maximum atomic E-state index is 6.08. The third kappa shape index (κ3) is 1.91. The van der Waals surface area contributed by atoms with E-state index in [0.717, 1.165) is 15.5 Å². The fourth-order valence-electron chi connectivity index (χ4n) is 1.46. The Kier molecular flexibility index (Phi) is 3.34. The molecule has 1 aliphatic heterocycles. The molecular formula is C10H11ClO2S. The van der Waals surface area contributed by atoms with Crippen LogP contribution in [0, 0.1) is 0 Å². The van der Waals surface area contributed by atoms with Gasteiger partial charge in [-0.2, -0.15) is 0 Å². The number of ether oxygens (including phenoxy) is 2. The second-order valence-electron chi connectivity index (χ2n) is 2.94. The Labute approximate surface area is 92.5 Å². The van der Waals surface area contributed by atoms with Crippen LogP contribution in [0.5, 0.6) is 0 Å². The molecule has 0 aromatic heterocycles. The predicted octanol–water partition coefficient (Wildman–Crippen LogP) is 3.11. The van der Waals surface area contributed by atoms with Crippen molar-refractivity contribution < 1.29 is 9.47 Å². The average molecular weight is 231 g/mol. The predicted molar refractivity (Wildman–Crippen MR) is 57.9 cm³/mol. The lowest BCUT2D eigenvalue weighted by Crippen LogP contribution is -2.00. The van der Waals surface area contributed by atoms with Gasteiger partial charge in [0.15, 0.2) is 6.29 Å². The van der Waals surface area contributed by atoms with Crippen LogP contribution in [0.25, 0.3) is 0 Å². The summed E-state index contributed by atoms with van der Waals surface area (Å²) in [6.45, 7) is 1.32. The number of hydrogen-bond acceptors (Lipinski definition) is 3. The number of rotatable bonds is 2. The van der Waals surface area contributed by atoms with E-state index in [-0.39, 0.29) is 6.29 Å². The summed E-state index contributed by atoms with van der Waals surface area (Å²) in [5.41, 5.74) is 1.03. The van der Waals surface area contributed by atoms with E-state index in [2.05, 4.69) is 0 Å². The van der Waals surface area contributed by atoms with Crippen molar-refractivity contribution in [2.75, 3.05) is 19.5 Å². The Morgan fingerprint density at radius 3 is 2.71 bits per heavy atom. The van der Waals surface area contributed by atoms with Gasteiger partial charge in [-0.05, 0) is 12.3 Å². The van der Waals surface area contributed by atoms with Gasteiger partial charge in [-0.3, -0.25) is 0 Å². The zero-order valence-corrected chi connectivity index (χ0v) is 9.40. The van der Waals surface area contributed by atoms with Crippen molar-refractivity contribution in [3.05, 3.63) is 28.8 Å². The highest BCUT2D eigenvalue weighted by Gasteiger charge is 2.21. The lowest BCUT2D eigenvalue weighted by Gasteiger charge is -2.13. The third-order valence-electron chi connectivity index (χ3n) is 2.08. The zero-order valence-electron chi connectivity index (χ0n) is 7.83. The summed E-state index contributed by atoms with van der Waals surface area (Å²) < 4.78 is 10.9. The lowest BCUT2D eigenvalue weighted by atomic mass is 10.2. The summed E-state index contributed by atoms with van der Waals surface area (Å²) in [5, 5.41) is 0.758. The summed E-state index contributed by atoms with van der Waals surface area (Å²) in [5.74, 6) is 0. The van der Waals surface area contributed by atoms with Gasteiger partial charge in [0.2, 0.25) is 0 Å². The minimum Gasteiger partial charge on any atom is -0.346 e. The Hall–Kier alpha value is -0.220. The number of hydrogen-bond donors (Lipinski definition) is 0. The largest absolute Gasteiger partial charge is 0.346 e. The van der Waals surface area contributed by atoms with Crippen molar-refractivity contribution in [3.8, 4) is 0 Å². The highest BCUT2D eigenvalue weighted by Crippen LogP contribution is 2.35. The van der Waals surface area contributed by atoms with Gasteiger partial charge in [0, 0.05) is 10.5 Å². The first-order valence-electron chi connectivity index (χ1n) is 4.38. The van der Waals surface area contributed by atoms with Gasteiger partial charge < -0.3 is 9.47 Å². The van der Waals surface area contributed by atoms with Crippen LogP contribution >= 0.6 is 23.4 Å². The fourth-order valence-corrected chi connectivity index (χ4v) is 2.54. The van der Waals surface area contributed by atoms with E-state index >= 15 is 0 Å². The van der Waals surface area contributed by atoms with Gasteiger partial charge in [0.1, 0.15) is 0 Å². The Bertz CT molecular complexity index is 324. The molecule has 1 heterocycles. The van der Waals surface area contributed by atoms with Gasteiger partial charge in [0.25, 0.3) is 0 Å². The van der Waals surface area contributed by atoms with Crippen molar-refractivity contribution in [1.29, 1.82) is 0 Å². The SMILES string of the molecule is CSc1c(Cl)cccc1C1OCCO1. The van der Waals surface area contributed by atoms with Crippen molar-refractivity contribution in [1.82, 2.24) is 0 Å². The van der Waals surface area contributed by atoms with E-state index in [9.17, 15) is 0 Å². The molecule has 0 radical (unpaired) electrons. The topological polar surface area (TPSA) is 18.5 Å². The van der Waals surface area contributed by atoms with E-state index in [1.54, 1.807) is 11.8 Å². The molecule has 0 unspecified atom stereocenters. The molecule has 4 heteroatoms. The molecular weight excluding hydrogens is 220 g/mol. The van der Waals surface area contributed by atoms with Crippen molar-refractivity contribution in [2.45, 2.75) is 11.2 Å². The normalized spacial score (nSPS) is 17.6. The number of benzene rings is 1. The smallest absolute Gasteiger partial charge is 0.185 e. The van der Waals surface area contributed by atoms with Gasteiger partial charge in [0.05, 0.1) is 18.2 Å². The van der Waals surface area contributed by atoms with Gasteiger partial charge >= 0.3 is 0 Å². The average Bonchev–Trinajstić information content (AvgIpc) is 2.70. The molecule has 0 N–H and O–H groups in total. The third-order valence-corrected chi connectivity index (χ3v) is 3.37. The van der Waals surface area contributed by atoms with Crippen LogP contribution in [-0.2, 0) is 9.47 Å². The minimum absolute atomic E-state index is 0.240. The Morgan fingerprint density at radius 2 is 2.07 bits per heavy atom. The van der Waals surface area contributed by atoms with Crippen LogP contribution in [0.3, 0.4) is 0 Å². The quantitative estimate of drug-likeness (QED) is 0.728. The molecule has 1 fully saturated rings. The van der Waals surface area contributed by atoms with Gasteiger partial charge in [-0.1, -0.05) is 23.7 Å². The molecule has 1 aromatic carbocycles. The minimum atomic E-state index is -0.240. The molecule has 0 aliphatic carbocycles. The Balaban J connectivity index is 2.35. The molecule has 0 saturated carbocycles. The molecule has 1 aliphatic rings. The van der Waals surface area contributed by atoms with Crippen LogP contribution in [0.4, 0.5) is 0 Å². The zero-order chi connectivity index (χ0) is 9.97. The monoisotopic (exact) mass is 230 g/mol.